The number of carboxylic acids is 1. The Balaban J connectivity index is 2.17. The number of anilines is 2. The quantitative estimate of drug-likeness (QED) is 0.597. The van der Waals surface area contributed by atoms with Gasteiger partial charge in [0.25, 0.3) is 0 Å². The van der Waals surface area contributed by atoms with Crippen LogP contribution in [-0.4, -0.2) is 70.7 Å². The monoisotopic (exact) mass is 281 g/mol. The molecule has 0 bridgehead atoms. The number of carbonyl (C=O) groups is 1. The Kier molecular flexibility index (Phi) is 4.30. The Labute approximate surface area is 116 Å². The number of carboxylic acid groups (broad SMARTS) is 1. The van der Waals surface area contributed by atoms with Gasteiger partial charge >= 0.3 is 5.97 Å². The number of aromatic nitrogens is 3. The Morgan fingerprint density at radius 3 is 2.90 bits per heavy atom. The van der Waals surface area contributed by atoms with E-state index in [-0.39, 0.29) is 5.95 Å². The van der Waals surface area contributed by atoms with Gasteiger partial charge in [0.15, 0.2) is 0 Å². The van der Waals surface area contributed by atoms with E-state index in [0.717, 1.165) is 6.54 Å². The normalized spacial score (nSPS) is 19.8. The van der Waals surface area contributed by atoms with Crippen LogP contribution in [-0.2, 0) is 11.3 Å². The van der Waals surface area contributed by atoms with E-state index >= 15 is 0 Å². The fraction of sp³-hybridized carbons (Fsp3) is 0.636. The highest BCUT2D eigenvalue weighted by molar-refractivity contribution is 5.73. The van der Waals surface area contributed by atoms with Crippen LogP contribution in [0.15, 0.2) is 0 Å². The number of piperazine rings is 1. The van der Waals surface area contributed by atoms with E-state index in [4.69, 9.17) is 5.73 Å². The van der Waals surface area contributed by atoms with Crippen LogP contribution < -0.4 is 16.0 Å². The van der Waals surface area contributed by atoms with Gasteiger partial charge in [-0.2, -0.15) is 15.0 Å². The Bertz CT molecular complexity index is 494. The third-order valence-electron chi connectivity index (χ3n) is 3.07. The zero-order chi connectivity index (χ0) is 14.7. The number of hydrogen-bond donors (Lipinski definition) is 3. The van der Waals surface area contributed by atoms with Crippen LogP contribution in [0.5, 0.6) is 0 Å². The van der Waals surface area contributed by atoms with E-state index in [0.29, 0.717) is 31.4 Å². The zero-order valence-electron chi connectivity index (χ0n) is 11.6. The molecule has 2 heterocycles. The van der Waals surface area contributed by atoms with E-state index in [2.05, 4.69) is 20.3 Å². The second-order valence-electron chi connectivity index (χ2n) is 4.83. The summed E-state index contributed by atoms with van der Waals surface area (Å²) in [4.78, 5) is 27.2. The van der Waals surface area contributed by atoms with E-state index < -0.39 is 12.0 Å². The summed E-state index contributed by atoms with van der Waals surface area (Å²) in [5.74, 6) is 0.233. The second kappa shape index (κ2) is 5.97. The number of hydrogen-bond acceptors (Lipinski definition) is 8. The van der Waals surface area contributed by atoms with E-state index in [1.165, 1.54) is 0 Å². The molecule has 110 valence electrons. The number of nitrogens with one attached hydrogen (secondary N) is 1. The van der Waals surface area contributed by atoms with Crippen LogP contribution in [0.4, 0.5) is 11.9 Å². The van der Waals surface area contributed by atoms with Crippen LogP contribution in [0, 0.1) is 0 Å². The maximum Gasteiger partial charge on any atom is 0.322 e. The van der Waals surface area contributed by atoms with E-state index in [9.17, 15) is 9.90 Å². The van der Waals surface area contributed by atoms with Gasteiger partial charge in [-0.15, -0.1) is 0 Å². The summed E-state index contributed by atoms with van der Waals surface area (Å²) in [6.07, 6.45) is 0. The zero-order valence-corrected chi connectivity index (χ0v) is 11.6. The molecule has 0 aromatic carbocycles. The molecule has 9 nitrogen and oxygen atoms in total. The standard InChI is InChI=1S/C11H19N7O2/c1-17(2)11-15-8(14-10(12)16-11)6-18-4-3-13-5-7(18)9(19)20/h7,13H,3-6H2,1-2H3,(H,19,20)(H2,12,14,15,16). The average molecular weight is 281 g/mol. The van der Waals surface area contributed by atoms with Gasteiger partial charge in [-0.1, -0.05) is 0 Å². The molecule has 4 N–H and O–H groups in total. The Morgan fingerprint density at radius 2 is 2.25 bits per heavy atom. The summed E-state index contributed by atoms with van der Waals surface area (Å²) in [6.45, 7) is 2.12. The molecule has 20 heavy (non-hydrogen) atoms. The molecule has 0 saturated carbocycles. The highest BCUT2D eigenvalue weighted by Crippen LogP contribution is 2.11. The molecule has 1 aliphatic heterocycles. The Hall–Kier alpha value is -2.00. The number of nitrogen functional groups attached to an aromatic ring is 1. The van der Waals surface area contributed by atoms with Gasteiger partial charge < -0.3 is 21.1 Å². The minimum atomic E-state index is -0.855. The lowest BCUT2D eigenvalue weighted by molar-refractivity contribution is -0.144. The molecule has 0 aliphatic carbocycles. The van der Waals surface area contributed by atoms with Crippen molar-refractivity contribution in [1.82, 2.24) is 25.2 Å². The summed E-state index contributed by atoms with van der Waals surface area (Å²) in [5.41, 5.74) is 5.66. The van der Waals surface area contributed by atoms with Crippen molar-refractivity contribution in [2.75, 3.05) is 44.4 Å². The molecular weight excluding hydrogens is 262 g/mol. The molecule has 1 atom stereocenters. The first-order valence-corrected chi connectivity index (χ1v) is 6.32. The topological polar surface area (TPSA) is 120 Å². The largest absolute Gasteiger partial charge is 0.480 e. The van der Waals surface area contributed by atoms with Crippen LogP contribution in [0.1, 0.15) is 5.82 Å². The smallest absolute Gasteiger partial charge is 0.322 e. The fourth-order valence-corrected chi connectivity index (χ4v) is 2.06. The third kappa shape index (κ3) is 3.31. The molecule has 1 unspecified atom stereocenters. The molecule has 1 fully saturated rings. The lowest BCUT2D eigenvalue weighted by Crippen LogP contribution is -2.54. The van der Waals surface area contributed by atoms with Gasteiger partial charge in [0, 0.05) is 33.7 Å². The summed E-state index contributed by atoms with van der Waals surface area (Å²) >= 11 is 0. The van der Waals surface area contributed by atoms with Crippen molar-refractivity contribution in [3.8, 4) is 0 Å². The minimum Gasteiger partial charge on any atom is -0.480 e. The fourth-order valence-electron chi connectivity index (χ4n) is 2.06. The van der Waals surface area contributed by atoms with Crippen molar-refractivity contribution in [2.45, 2.75) is 12.6 Å². The maximum atomic E-state index is 11.2. The molecular formula is C11H19N7O2. The molecule has 1 aromatic rings. The van der Waals surface area contributed by atoms with Gasteiger partial charge in [0.1, 0.15) is 11.9 Å². The molecule has 0 radical (unpaired) electrons. The van der Waals surface area contributed by atoms with Crippen molar-refractivity contribution >= 4 is 17.9 Å². The molecule has 0 spiro atoms. The summed E-state index contributed by atoms with van der Waals surface area (Å²) in [7, 11) is 3.62. The van der Waals surface area contributed by atoms with Gasteiger partial charge in [-0.25, -0.2) is 0 Å². The van der Waals surface area contributed by atoms with Crippen LogP contribution in [0.2, 0.25) is 0 Å². The molecule has 1 saturated heterocycles. The first-order valence-electron chi connectivity index (χ1n) is 6.32. The number of rotatable bonds is 4. The molecule has 1 aliphatic rings. The van der Waals surface area contributed by atoms with Crippen molar-refractivity contribution < 1.29 is 9.90 Å². The van der Waals surface area contributed by atoms with Crippen LogP contribution in [0.3, 0.4) is 0 Å². The molecule has 9 heteroatoms. The lowest BCUT2D eigenvalue weighted by atomic mass is 10.2. The summed E-state index contributed by atoms with van der Waals surface area (Å²) in [6, 6.07) is -0.579. The first kappa shape index (κ1) is 14.4. The molecule has 1 aromatic heterocycles. The van der Waals surface area contributed by atoms with Crippen LogP contribution >= 0.6 is 0 Å². The predicted octanol–water partition coefficient (Wildman–Crippen LogP) is -1.62. The van der Waals surface area contributed by atoms with Gasteiger partial charge in [-0.05, 0) is 0 Å². The molecule has 0 amide bonds. The Morgan fingerprint density at radius 1 is 1.50 bits per heavy atom. The lowest BCUT2D eigenvalue weighted by Gasteiger charge is -2.32. The maximum absolute atomic E-state index is 11.2. The highest BCUT2D eigenvalue weighted by atomic mass is 16.4. The summed E-state index contributed by atoms with van der Waals surface area (Å²) in [5, 5.41) is 12.3. The van der Waals surface area contributed by atoms with Crippen molar-refractivity contribution in [2.24, 2.45) is 0 Å². The van der Waals surface area contributed by atoms with Gasteiger partial charge in [0.05, 0.1) is 6.54 Å². The van der Waals surface area contributed by atoms with Crippen LogP contribution in [0.25, 0.3) is 0 Å². The second-order valence-corrected chi connectivity index (χ2v) is 4.83. The third-order valence-corrected chi connectivity index (χ3v) is 3.07. The van der Waals surface area contributed by atoms with Crippen molar-refractivity contribution in [1.29, 1.82) is 0 Å². The van der Waals surface area contributed by atoms with E-state index in [1.54, 1.807) is 4.90 Å². The first-order chi connectivity index (χ1) is 9.47. The number of nitrogens with zero attached hydrogens (tertiary/aromatic N) is 5. The number of aliphatic carboxylic acids is 1. The van der Waals surface area contributed by atoms with Crippen molar-refractivity contribution in [3.05, 3.63) is 5.82 Å². The average Bonchev–Trinajstić information content (AvgIpc) is 2.38. The summed E-state index contributed by atoms with van der Waals surface area (Å²) < 4.78 is 0. The van der Waals surface area contributed by atoms with E-state index in [1.807, 2.05) is 19.0 Å². The highest BCUT2D eigenvalue weighted by Gasteiger charge is 2.29. The molecule has 2 rings (SSSR count). The SMILES string of the molecule is CN(C)c1nc(N)nc(CN2CCNCC2C(=O)O)n1. The van der Waals surface area contributed by atoms with Gasteiger partial charge in [0.2, 0.25) is 11.9 Å². The minimum absolute atomic E-state index is 0.140. The number of nitrogens with two attached hydrogens (primary N) is 1. The predicted molar refractivity (Wildman–Crippen MR) is 73.3 cm³/mol. The van der Waals surface area contributed by atoms with Gasteiger partial charge in [-0.3, -0.25) is 9.69 Å². The van der Waals surface area contributed by atoms with Crippen molar-refractivity contribution in [3.63, 3.8) is 0 Å².